The van der Waals surface area contributed by atoms with E-state index in [1.807, 2.05) is 30.3 Å². The van der Waals surface area contributed by atoms with Crippen LogP contribution in [0.1, 0.15) is 29.3 Å². The van der Waals surface area contributed by atoms with E-state index in [2.05, 4.69) is 12.2 Å². The minimum Gasteiger partial charge on any atom is -0.453 e. The molecule has 0 aromatic heterocycles. The summed E-state index contributed by atoms with van der Waals surface area (Å²) in [5.74, 6) is -1.28. The molecule has 1 heterocycles. The lowest BCUT2D eigenvalue weighted by Gasteiger charge is -2.37. The summed E-state index contributed by atoms with van der Waals surface area (Å²) in [5.41, 5.74) is 1.25. The number of ether oxygens (including phenoxy) is 1. The van der Waals surface area contributed by atoms with E-state index in [1.165, 1.54) is 11.8 Å². The predicted octanol–water partition coefficient (Wildman–Crippen LogP) is 3.47. The molecule has 0 unspecified atom stereocenters. The van der Waals surface area contributed by atoms with Crippen molar-refractivity contribution in [2.75, 3.05) is 0 Å². The van der Waals surface area contributed by atoms with Crippen molar-refractivity contribution in [1.82, 2.24) is 4.90 Å². The smallest absolute Gasteiger partial charge is 0.330 e. The maximum absolute atomic E-state index is 13.7. The zero-order valence-corrected chi connectivity index (χ0v) is 19.4. The van der Waals surface area contributed by atoms with Crippen molar-refractivity contribution in [3.63, 3.8) is 0 Å². The highest BCUT2D eigenvalue weighted by atomic mass is 16.5. The predicted molar refractivity (Wildman–Crippen MR) is 127 cm³/mol. The van der Waals surface area contributed by atoms with Crippen LogP contribution in [0.25, 0.3) is 0 Å². The summed E-state index contributed by atoms with van der Waals surface area (Å²) in [6.07, 6.45) is 4.41. The second-order valence-electron chi connectivity index (χ2n) is 10.2. The van der Waals surface area contributed by atoms with E-state index in [4.69, 9.17) is 4.74 Å². The Hall–Kier alpha value is -3.54. The third-order valence-corrected chi connectivity index (χ3v) is 8.27. The van der Waals surface area contributed by atoms with E-state index in [1.54, 1.807) is 30.3 Å². The van der Waals surface area contributed by atoms with Crippen LogP contribution >= 0.6 is 0 Å². The first-order chi connectivity index (χ1) is 17.0. The molecular formula is C29H27NO5. The van der Waals surface area contributed by atoms with Gasteiger partial charge in [0, 0.05) is 12.0 Å². The first-order valence-electron chi connectivity index (χ1n) is 12.3. The van der Waals surface area contributed by atoms with Crippen molar-refractivity contribution < 1.29 is 23.9 Å². The van der Waals surface area contributed by atoms with Crippen LogP contribution in [0, 0.1) is 35.5 Å². The Labute approximate surface area is 203 Å². The van der Waals surface area contributed by atoms with Crippen LogP contribution in [0.15, 0.2) is 72.8 Å². The number of allylic oxidation sites excluding steroid dienone is 2. The number of imide groups is 1. The Morgan fingerprint density at radius 2 is 1.43 bits per heavy atom. The molecule has 2 aromatic carbocycles. The second kappa shape index (κ2) is 8.29. The molecule has 178 valence electrons. The highest BCUT2D eigenvalue weighted by Crippen LogP contribution is 2.65. The molecule has 1 saturated heterocycles. The third kappa shape index (κ3) is 3.54. The van der Waals surface area contributed by atoms with Gasteiger partial charge in [-0.1, -0.05) is 72.8 Å². The standard InChI is InChI=1S/C29H27NO5/c1-16(26(31)18-10-6-3-7-11-18)35-29(34)23(14-17-8-4-2-5-9-17)30-27(32)24-19-12-13-20(22-15-21(19)22)25(24)28(30)33/h2-13,16,19-25H,14-15H2,1H3/t16-,19-,20-,21-,22-,23-,24-,25+/m1/s1. The van der Waals surface area contributed by atoms with Gasteiger partial charge in [-0.25, -0.2) is 4.79 Å². The lowest BCUT2D eigenvalue weighted by Crippen LogP contribution is -2.49. The highest BCUT2D eigenvalue weighted by molar-refractivity contribution is 6.09. The van der Waals surface area contributed by atoms with Crippen LogP contribution in [0.5, 0.6) is 0 Å². The normalized spacial score (nSPS) is 31.5. The van der Waals surface area contributed by atoms with Gasteiger partial charge in [0.05, 0.1) is 11.8 Å². The SMILES string of the molecule is C[C@@H](OC(=O)[C@@H](Cc1ccccc1)N1C(=O)[C@@H]2[C@@H]3C=C[C@H]([C@H]4C[C@H]34)[C@@H]2C1=O)C(=O)c1ccccc1. The summed E-state index contributed by atoms with van der Waals surface area (Å²) in [5, 5.41) is 0. The van der Waals surface area contributed by atoms with Crippen LogP contribution in [0.3, 0.4) is 0 Å². The second-order valence-corrected chi connectivity index (χ2v) is 10.2. The van der Waals surface area contributed by atoms with Gasteiger partial charge in [0.25, 0.3) is 0 Å². The molecule has 35 heavy (non-hydrogen) atoms. The molecule has 4 aliphatic carbocycles. The van der Waals surface area contributed by atoms with E-state index in [9.17, 15) is 19.2 Å². The molecule has 2 bridgehead atoms. The summed E-state index contributed by atoms with van der Waals surface area (Å²) in [7, 11) is 0. The van der Waals surface area contributed by atoms with Gasteiger partial charge in [-0.05, 0) is 42.6 Å². The average molecular weight is 470 g/mol. The molecule has 3 fully saturated rings. The number of Topliss-reactive ketones (excluding diaryl/α,β-unsaturated/α-hetero) is 1. The van der Waals surface area contributed by atoms with E-state index in [-0.39, 0.29) is 35.9 Å². The Morgan fingerprint density at radius 3 is 2.00 bits per heavy atom. The number of hydrogen-bond acceptors (Lipinski definition) is 5. The third-order valence-electron chi connectivity index (χ3n) is 8.27. The van der Waals surface area contributed by atoms with Crippen molar-refractivity contribution in [2.45, 2.75) is 31.9 Å². The van der Waals surface area contributed by atoms with Gasteiger partial charge >= 0.3 is 5.97 Å². The Bertz CT molecular complexity index is 1190. The molecule has 6 heteroatoms. The number of rotatable bonds is 7. The van der Waals surface area contributed by atoms with Crippen LogP contribution in [0.2, 0.25) is 0 Å². The van der Waals surface area contributed by atoms with Crippen LogP contribution in [-0.2, 0) is 25.5 Å². The van der Waals surface area contributed by atoms with Crippen molar-refractivity contribution in [1.29, 1.82) is 0 Å². The van der Waals surface area contributed by atoms with Crippen LogP contribution < -0.4 is 0 Å². The van der Waals surface area contributed by atoms with E-state index in [0.29, 0.717) is 17.4 Å². The van der Waals surface area contributed by atoms with E-state index < -0.39 is 30.0 Å². The highest BCUT2D eigenvalue weighted by Gasteiger charge is 2.68. The fourth-order valence-electron chi connectivity index (χ4n) is 6.55. The lowest BCUT2D eigenvalue weighted by atomic mass is 9.63. The number of nitrogens with zero attached hydrogens (tertiary/aromatic N) is 1. The molecular weight excluding hydrogens is 442 g/mol. The molecule has 0 radical (unpaired) electrons. The summed E-state index contributed by atoms with van der Waals surface area (Å²) in [6, 6.07) is 16.8. The van der Waals surface area contributed by atoms with Gasteiger partial charge in [0.1, 0.15) is 6.04 Å². The van der Waals surface area contributed by atoms with Crippen molar-refractivity contribution >= 4 is 23.6 Å². The average Bonchev–Trinajstić information content (AvgIpc) is 3.67. The zero-order chi connectivity index (χ0) is 24.3. The maximum atomic E-state index is 13.7. The zero-order valence-electron chi connectivity index (χ0n) is 19.4. The van der Waals surface area contributed by atoms with Gasteiger partial charge in [0.2, 0.25) is 17.6 Å². The molecule has 2 saturated carbocycles. The van der Waals surface area contributed by atoms with Gasteiger partial charge in [-0.3, -0.25) is 19.3 Å². The first kappa shape index (κ1) is 22.0. The van der Waals surface area contributed by atoms with Crippen LogP contribution in [-0.4, -0.2) is 40.6 Å². The molecule has 0 N–H and O–H groups in total. The number of benzene rings is 2. The van der Waals surface area contributed by atoms with Gasteiger partial charge in [-0.2, -0.15) is 0 Å². The molecule has 7 rings (SSSR count). The Morgan fingerprint density at radius 1 is 0.886 bits per heavy atom. The summed E-state index contributed by atoms with van der Waals surface area (Å²) in [6.45, 7) is 1.53. The number of ketones is 1. The van der Waals surface area contributed by atoms with Gasteiger partial charge < -0.3 is 4.74 Å². The largest absolute Gasteiger partial charge is 0.453 e. The molecule has 6 nitrogen and oxygen atoms in total. The van der Waals surface area contributed by atoms with E-state index >= 15 is 0 Å². The molecule has 5 aliphatic rings. The molecule has 2 aromatic rings. The van der Waals surface area contributed by atoms with Gasteiger partial charge in [0.15, 0.2) is 6.10 Å². The fourth-order valence-corrected chi connectivity index (χ4v) is 6.55. The number of esters is 1. The Kier molecular flexibility index (Phi) is 5.20. The molecule has 0 spiro atoms. The number of carbonyl (C=O) groups excluding carboxylic acids is 4. The summed E-state index contributed by atoms with van der Waals surface area (Å²) >= 11 is 0. The van der Waals surface area contributed by atoms with Crippen molar-refractivity contribution in [3.05, 3.63) is 83.9 Å². The lowest BCUT2D eigenvalue weighted by molar-refractivity contribution is -0.160. The topological polar surface area (TPSA) is 80.8 Å². The summed E-state index contributed by atoms with van der Waals surface area (Å²) in [4.78, 5) is 54.8. The number of carbonyl (C=O) groups is 4. The van der Waals surface area contributed by atoms with Gasteiger partial charge in [-0.15, -0.1) is 0 Å². The quantitative estimate of drug-likeness (QED) is 0.269. The van der Waals surface area contributed by atoms with Crippen molar-refractivity contribution in [2.24, 2.45) is 35.5 Å². The number of likely N-dealkylation sites (tertiary alicyclic amines) is 1. The van der Waals surface area contributed by atoms with E-state index in [0.717, 1.165) is 12.0 Å². The first-order valence-corrected chi connectivity index (χ1v) is 12.3. The number of amides is 2. The fraction of sp³-hybridized carbons (Fsp3) is 0.379. The monoisotopic (exact) mass is 469 g/mol. The molecule has 1 aliphatic heterocycles. The summed E-state index contributed by atoms with van der Waals surface area (Å²) < 4.78 is 5.61. The Balaban J connectivity index is 1.28. The maximum Gasteiger partial charge on any atom is 0.330 e. The number of hydrogen-bond donors (Lipinski definition) is 0. The molecule has 2 amide bonds. The molecule has 8 atom stereocenters. The van der Waals surface area contributed by atoms with Crippen molar-refractivity contribution in [3.8, 4) is 0 Å². The minimum absolute atomic E-state index is 0.0726. The minimum atomic E-state index is -1.11. The van der Waals surface area contributed by atoms with Crippen LogP contribution in [0.4, 0.5) is 0 Å².